The van der Waals surface area contributed by atoms with Crippen molar-refractivity contribution in [2.75, 3.05) is 23.3 Å². The van der Waals surface area contributed by atoms with Crippen molar-refractivity contribution in [3.05, 3.63) is 53.9 Å². The molecule has 2 unspecified atom stereocenters. The third-order valence-corrected chi connectivity index (χ3v) is 5.60. The van der Waals surface area contributed by atoms with Gasteiger partial charge in [-0.3, -0.25) is 0 Å². The van der Waals surface area contributed by atoms with E-state index in [-0.39, 0.29) is 23.9 Å². The van der Waals surface area contributed by atoms with E-state index in [9.17, 15) is 13.6 Å². The molecule has 1 saturated heterocycles. The van der Waals surface area contributed by atoms with Gasteiger partial charge in [0.05, 0.1) is 16.7 Å². The molecule has 1 saturated carbocycles. The van der Waals surface area contributed by atoms with E-state index in [4.69, 9.17) is 0 Å². The molecule has 3 aromatic rings. The van der Waals surface area contributed by atoms with Crippen molar-refractivity contribution < 1.29 is 13.6 Å². The van der Waals surface area contributed by atoms with Crippen LogP contribution in [0.15, 0.2) is 36.4 Å². The number of anilines is 2. The van der Waals surface area contributed by atoms with Gasteiger partial charge in [-0.2, -0.15) is 0 Å². The van der Waals surface area contributed by atoms with Crippen LogP contribution in [0.3, 0.4) is 0 Å². The number of urea groups is 1. The smallest absolute Gasteiger partial charge is 0.319 e. The molecule has 5 rings (SSSR count). The maximum atomic E-state index is 13.9. The molecule has 28 heavy (non-hydrogen) atoms. The van der Waals surface area contributed by atoms with Gasteiger partial charge < -0.3 is 20.5 Å². The fourth-order valence-electron chi connectivity index (χ4n) is 4.20. The van der Waals surface area contributed by atoms with Crippen molar-refractivity contribution >= 4 is 28.4 Å². The number of hydrogen-bond acceptors (Lipinski definition) is 3. The number of hydrogen-bond donors (Lipinski definition) is 3. The van der Waals surface area contributed by atoms with E-state index in [0.717, 1.165) is 22.9 Å². The number of carbonyl (C=O) groups excluding carboxylic acids is 1. The molecule has 3 N–H and O–H groups in total. The number of H-pyrrole nitrogens is 1. The summed E-state index contributed by atoms with van der Waals surface area (Å²) in [7, 11) is 0. The topological polar surface area (TPSA) is 73.1 Å². The van der Waals surface area contributed by atoms with Gasteiger partial charge in [-0.25, -0.2) is 18.6 Å². The average Bonchev–Trinajstić information content (AvgIpc) is 2.97. The second-order valence-corrected chi connectivity index (χ2v) is 7.51. The Bertz CT molecular complexity index is 1070. The molecule has 0 bridgehead atoms. The highest BCUT2D eigenvalue weighted by Crippen LogP contribution is 2.47. The molecule has 1 aliphatic carbocycles. The number of carbonyl (C=O) groups is 1. The molecule has 2 heterocycles. The zero-order valence-electron chi connectivity index (χ0n) is 15.2. The van der Waals surface area contributed by atoms with Gasteiger partial charge in [0, 0.05) is 42.7 Å². The third-order valence-electron chi connectivity index (χ3n) is 5.60. The van der Waals surface area contributed by atoms with E-state index in [1.807, 2.05) is 30.0 Å². The van der Waals surface area contributed by atoms with Crippen LogP contribution in [0.25, 0.3) is 11.0 Å². The molecule has 2 aliphatic rings. The Hall–Kier alpha value is -3.16. The predicted molar refractivity (Wildman–Crippen MR) is 102 cm³/mol. The van der Waals surface area contributed by atoms with Crippen LogP contribution in [0.2, 0.25) is 0 Å². The van der Waals surface area contributed by atoms with Gasteiger partial charge in [0.15, 0.2) is 0 Å². The number of amides is 2. The minimum atomic E-state index is -0.579. The van der Waals surface area contributed by atoms with Gasteiger partial charge in [0.1, 0.15) is 17.5 Å². The molecule has 8 heteroatoms. The molecule has 2 atom stereocenters. The summed E-state index contributed by atoms with van der Waals surface area (Å²) in [6.45, 7) is 3.18. The van der Waals surface area contributed by atoms with E-state index >= 15 is 0 Å². The highest BCUT2D eigenvalue weighted by Gasteiger charge is 2.56. The lowest BCUT2D eigenvalue weighted by atomic mass is 10.2. The van der Waals surface area contributed by atoms with Crippen LogP contribution in [-0.2, 0) is 0 Å². The number of aromatic nitrogens is 2. The molecule has 144 valence electrons. The first-order chi connectivity index (χ1) is 13.5. The van der Waals surface area contributed by atoms with Gasteiger partial charge >= 0.3 is 6.03 Å². The van der Waals surface area contributed by atoms with E-state index in [1.54, 1.807) is 0 Å². The summed E-state index contributed by atoms with van der Waals surface area (Å²) < 4.78 is 27.0. The second kappa shape index (κ2) is 6.19. The Morgan fingerprint density at radius 1 is 1.18 bits per heavy atom. The summed E-state index contributed by atoms with van der Waals surface area (Å²) in [4.78, 5) is 21.7. The molecule has 0 radical (unpaired) electrons. The second-order valence-electron chi connectivity index (χ2n) is 7.51. The van der Waals surface area contributed by atoms with Crippen molar-refractivity contribution in [2.24, 2.45) is 11.8 Å². The largest absolute Gasteiger partial charge is 0.368 e. The summed E-state index contributed by atoms with van der Waals surface area (Å²) in [6.07, 6.45) is 0. The standard InChI is InChI=1S/C20H19F2N5O/c1-10-23-16-4-3-12(7-17(16)24-10)25-20(28)26-19-13-8-27(9-14(13)19)18-5-2-11(21)6-15(18)22/h2-7,13-14,19H,8-9H2,1H3,(H,23,24)(H2,25,26,28). The average molecular weight is 383 g/mol. The Morgan fingerprint density at radius 2 is 1.96 bits per heavy atom. The SMILES string of the molecule is Cc1nc2cc(NC(=O)NC3C4CN(c5ccc(F)cc5F)CC43)ccc2[nH]1. The highest BCUT2D eigenvalue weighted by molar-refractivity contribution is 5.92. The van der Waals surface area contributed by atoms with E-state index < -0.39 is 11.6 Å². The van der Waals surface area contributed by atoms with Crippen LogP contribution in [0, 0.1) is 30.4 Å². The Morgan fingerprint density at radius 3 is 2.71 bits per heavy atom. The zero-order valence-corrected chi connectivity index (χ0v) is 15.2. The van der Waals surface area contributed by atoms with Crippen molar-refractivity contribution in [3.8, 4) is 0 Å². The number of piperidine rings is 1. The highest BCUT2D eigenvalue weighted by atomic mass is 19.1. The molecule has 2 aromatic carbocycles. The third kappa shape index (κ3) is 2.94. The van der Waals surface area contributed by atoms with E-state index in [2.05, 4.69) is 20.6 Å². The van der Waals surface area contributed by atoms with Crippen LogP contribution in [0.4, 0.5) is 25.0 Å². The number of halogens is 2. The fraction of sp³-hybridized carbons (Fsp3) is 0.300. The molecule has 0 spiro atoms. The van der Waals surface area contributed by atoms with Crippen LogP contribution in [0.1, 0.15) is 5.82 Å². The van der Waals surface area contributed by atoms with Gasteiger partial charge in [0.25, 0.3) is 0 Å². The molecule has 1 aliphatic heterocycles. The molecule has 2 fully saturated rings. The molecule has 1 aromatic heterocycles. The van der Waals surface area contributed by atoms with Crippen LogP contribution >= 0.6 is 0 Å². The van der Waals surface area contributed by atoms with Gasteiger partial charge in [-0.1, -0.05) is 0 Å². The van der Waals surface area contributed by atoms with Crippen molar-refractivity contribution in [1.82, 2.24) is 15.3 Å². The molecular weight excluding hydrogens is 364 g/mol. The number of nitrogens with zero attached hydrogens (tertiary/aromatic N) is 2. The van der Waals surface area contributed by atoms with Crippen LogP contribution < -0.4 is 15.5 Å². The summed E-state index contributed by atoms with van der Waals surface area (Å²) in [5.41, 5.74) is 2.82. The van der Waals surface area contributed by atoms with Crippen LogP contribution in [0.5, 0.6) is 0 Å². The normalized spacial score (nSPS) is 23.0. The van der Waals surface area contributed by atoms with E-state index in [1.165, 1.54) is 12.1 Å². The van der Waals surface area contributed by atoms with Crippen molar-refractivity contribution in [2.45, 2.75) is 13.0 Å². The molecular formula is C20H19F2N5O. The minimum Gasteiger partial charge on any atom is -0.368 e. The summed E-state index contributed by atoms with van der Waals surface area (Å²) in [6, 6.07) is 8.99. The van der Waals surface area contributed by atoms with Crippen LogP contribution in [-0.4, -0.2) is 35.1 Å². The number of benzene rings is 2. The lowest BCUT2D eigenvalue weighted by molar-refractivity contribution is 0.250. The van der Waals surface area contributed by atoms with Crippen molar-refractivity contribution in [3.63, 3.8) is 0 Å². The number of imidazole rings is 1. The Balaban J connectivity index is 1.18. The maximum absolute atomic E-state index is 13.9. The maximum Gasteiger partial charge on any atom is 0.319 e. The monoisotopic (exact) mass is 383 g/mol. The molecule has 2 amide bonds. The lowest BCUT2D eigenvalue weighted by Gasteiger charge is -2.23. The van der Waals surface area contributed by atoms with Gasteiger partial charge in [-0.05, 0) is 37.3 Å². The summed E-state index contributed by atoms with van der Waals surface area (Å²) >= 11 is 0. The first-order valence-electron chi connectivity index (χ1n) is 9.22. The first-order valence-corrected chi connectivity index (χ1v) is 9.22. The molecule has 6 nitrogen and oxygen atoms in total. The van der Waals surface area contributed by atoms with Gasteiger partial charge in [0.2, 0.25) is 0 Å². The Kier molecular flexibility index (Phi) is 3.75. The number of nitrogens with one attached hydrogen (secondary N) is 3. The zero-order chi connectivity index (χ0) is 19.4. The number of fused-ring (bicyclic) bond motifs is 2. The number of aryl methyl sites for hydroxylation is 1. The first kappa shape index (κ1) is 17.0. The summed E-state index contributed by atoms with van der Waals surface area (Å²) in [5, 5.41) is 5.84. The van der Waals surface area contributed by atoms with Crippen molar-refractivity contribution in [1.29, 1.82) is 0 Å². The lowest BCUT2D eigenvalue weighted by Crippen LogP contribution is -2.37. The fourth-order valence-corrected chi connectivity index (χ4v) is 4.20. The van der Waals surface area contributed by atoms with Gasteiger partial charge in [-0.15, -0.1) is 0 Å². The predicted octanol–water partition coefficient (Wildman–Crippen LogP) is 3.41. The summed E-state index contributed by atoms with van der Waals surface area (Å²) in [5.74, 6) is 0.264. The minimum absolute atomic E-state index is 0.0797. The Labute approximate surface area is 159 Å². The number of rotatable bonds is 3. The quantitative estimate of drug-likeness (QED) is 0.649. The number of aromatic amines is 1. The van der Waals surface area contributed by atoms with E-state index in [0.29, 0.717) is 24.5 Å².